The molecule has 0 fully saturated rings. The minimum atomic E-state index is 0.250. The summed E-state index contributed by atoms with van der Waals surface area (Å²) < 4.78 is 0. The average molecular weight is 258 g/mol. The third kappa shape index (κ3) is 4.36. The monoisotopic (exact) mass is 258 g/mol. The predicted octanol–water partition coefficient (Wildman–Crippen LogP) is 3.24. The molecule has 1 aromatic carbocycles. The second-order valence-corrected chi connectivity index (χ2v) is 4.42. The Morgan fingerprint density at radius 2 is 1.79 bits per heavy atom. The lowest BCUT2D eigenvalue weighted by Crippen LogP contribution is -1.98. The standard InChI is InChI=1S/C15H19N.CH3NO/c1-3-7-12-11-13-9-5-6-10-15(13)16-14(12)8-4-2;2-1-3/h5-6,9-11H,3-4,7-8H2,1-2H3;1H,(H2,2,3). The number of hydrogen-bond acceptors (Lipinski definition) is 2. The molecule has 1 amide bonds. The highest BCUT2D eigenvalue weighted by Crippen LogP contribution is 2.19. The van der Waals surface area contributed by atoms with Crippen LogP contribution in [0.4, 0.5) is 0 Å². The highest BCUT2D eigenvalue weighted by molar-refractivity contribution is 5.79. The molecule has 0 radical (unpaired) electrons. The number of aryl methyl sites for hydroxylation is 2. The maximum Gasteiger partial charge on any atom is 0.204 e. The van der Waals surface area contributed by atoms with Gasteiger partial charge in [-0.05, 0) is 30.5 Å². The van der Waals surface area contributed by atoms with Crippen LogP contribution in [0.5, 0.6) is 0 Å². The van der Waals surface area contributed by atoms with Gasteiger partial charge in [0, 0.05) is 11.1 Å². The third-order valence-corrected chi connectivity index (χ3v) is 2.90. The summed E-state index contributed by atoms with van der Waals surface area (Å²) in [4.78, 5) is 13.4. The van der Waals surface area contributed by atoms with Crippen molar-refractivity contribution in [3.8, 4) is 0 Å². The summed E-state index contributed by atoms with van der Waals surface area (Å²) in [5, 5.41) is 1.27. The molecule has 0 saturated carbocycles. The van der Waals surface area contributed by atoms with Crippen LogP contribution in [0.15, 0.2) is 30.3 Å². The fourth-order valence-electron chi connectivity index (χ4n) is 2.14. The molecule has 19 heavy (non-hydrogen) atoms. The summed E-state index contributed by atoms with van der Waals surface area (Å²) in [7, 11) is 0. The van der Waals surface area contributed by atoms with Gasteiger partial charge in [0.05, 0.1) is 5.52 Å². The molecule has 3 heteroatoms. The maximum atomic E-state index is 8.58. The fourth-order valence-corrected chi connectivity index (χ4v) is 2.14. The van der Waals surface area contributed by atoms with Gasteiger partial charge in [0.1, 0.15) is 0 Å². The van der Waals surface area contributed by atoms with Crippen LogP contribution in [0.1, 0.15) is 37.9 Å². The summed E-state index contributed by atoms with van der Waals surface area (Å²) in [6.07, 6.45) is 4.85. The summed E-state index contributed by atoms with van der Waals surface area (Å²) >= 11 is 0. The molecule has 0 aliphatic rings. The minimum absolute atomic E-state index is 0.250. The van der Waals surface area contributed by atoms with Gasteiger partial charge < -0.3 is 5.73 Å². The van der Waals surface area contributed by atoms with Crippen molar-refractivity contribution >= 4 is 17.3 Å². The molecule has 102 valence electrons. The largest absolute Gasteiger partial charge is 0.372 e. The quantitative estimate of drug-likeness (QED) is 0.856. The van der Waals surface area contributed by atoms with Crippen molar-refractivity contribution in [2.75, 3.05) is 0 Å². The number of nitrogens with two attached hydrogens (primary N) is 1. The topological polar surface area (TPSA) is 56.0 Å². The van der Waals surface area contributed by atoms with Crippen LogP contribution in [-0.2, 0) is 17.6 Å². The van der Waals surface area contributed by atoms with E-state index in [1.807, 2.05) is 0 Å². The Balaban J connectivity index is 0.000000550. The predicted molar refractivity (Wildman–Crippen MR) is 80.0 cm³/mol. The Kier molecular flexibility index (Phi) is 6.58. The molecule has 2 aromatic rings. The number of nitrogens with zero attached hydrogens (tertiary/aromatic N) is 1. The Hall–Kier alpha value is -1.90. The van der Waals surface area contributed by atoms with Crippen molar-refractivity contribution in [1.82, 2.24) is 4.98 Å². The Bertz CT molecular complexity index is 479. The number of hydrogen-bond donors (Lipinski definition) is 1. The van der Waals surface area contributed by atoms with E-state index < -0.39 is 0 Å². The van der Waals surface area contributed by atoms with Crippen molar-refractivity contribution in [1.29, 1.82) is 0 Å². The van der Waals surface area contributed by atoms with Gasteiger partial charge in [0.15, 0.2) is 0 Å². The number of aromatic nitrogens is 1. The van der Waals surface area contributed by atoms with E-state index in [9.17, 15) is 0 Å². The van der Waals surface area contributed by atoms with E-state index in [0.29, 0.717) is 0 Å². The number of para-hydroxylation sites is 1. The van der Waals surface area contributed by atoms with Gasteiger partial charge in [-0.3, -0.25) is 9.78 Å². The molecule has 1 heterocycles. The minimum Gasteiger partial charge on any atom is -0.372 e. The molecule has 1 aromatic heterocycles. The smallest absolute Gasteiger partial charge is 0.204 e. The molecule has 0 unspecified atom stereocenters. The molecule has 2 rings (SSSR count). The van der Waals surface area contributed by atoms with Crippen LogP contribution >= 0.6 is 0 Å². The number of benzene rings is 1. The zero-order chi connectivity index (χ0) is 14.1. The van der Waals surface area contributed by atoms with Crippen molar-refractivity contribution in [2.45, 2.75) is 39.5 Å². The van der Waals surface area contributed by atoms with Crippen LogP contribution in [-0.4, -0.2) is 11.4 Å². The highest BCUT2D eigenvalue weighted by atomic mass is 16.1. The van der Waals surface area contributed by atoms with Crippen molar-refractivity contribution in [3.05, 3.63) is 41.6 Å². The summed E-state index contributed by atoms with van der Waals surface area (Å²) in [6.45, 7) is 4.44. The lowest BCUT2D eigenvalue weighted by Gasteiger charge is -2.09. The number of fused-ring (bicyclic) bond motifs is 1. The van der Waals surface area contributed by atoms with Crippen molar-refractivity contribution in [3.63, 3.8) is 0 Å². The number of carbonyl (C=O) groups is 1. The van der Waals surface area contributed by atoms with E-state index in [1.165, 1.54) is 29.5 Å². The first-order valence-electron chi connectivity index (χ1n) is 6.79. The lowest BCUT2D eigenvalue weighted by atomic mass is 10.0. The van der Waals surface area contributed by atoms with Crippen LogP contribution < -0.4 is 5.73 Å². The molecule has 0 bridgehead atoms. The molecular formula is C16H22N2O. The molecule has 0 aliphatic heterocycles. The molecule has 0 aliphatic carbocycles. The first kappa shape index (κ1) is 15.2. The average Bonchev–Trinajstić information content (AvgIpc) is 2.41. The van der Waals surface area contributed by atoms with E-state index in [-0.39, 0.29) is 6.41 Å². The van der Waals surface area contributed by atoms with Crippen molar-refractivity contribution in [2.24, 2.45) is 5.73 Å². The van der Waals surface area contributed by atoms with Gasteiger partial charge in [-0.15, -0.1) is 0 Å². The number of primary amides is 1. The van der Waals surface area contributed by atoms with E-state index in [0.717, 1.165) is 18.4 Å². The van der Waals surface area contributed by atoms with Crippen LogP contribution in [0.25, 0.3) is 10.9 Å². The summed E-state index contributed by atoms with van der Waals surface area (Å²) in [5.74, 6) is 0. The summed E-state index contributed by atoms with van der Waals surface area (Å²) in [5.41, 5.74) is 8.02. The first-order chi connectivity index (χ1) is 9.26. The maximum absolute atomic E-state index is 8.58. The van der Waals surface area contributed by atoms with Gasteiger partial charge in [0.25, 0.3) is 0 Å². The highest BCUT2D eigenvalue weighted by Gasteiger charge is 2.05. The van der Waals surface area contributed by atoms with Crippen LogP contribution in [0, 0.1) is 0 Å². The first-order valence-corrected chi connectivity index (χ1v) is 6.79. The van der Waals surface area contributed by atoms with Crippen LogP contribution in [0.3, 0.4) is 0 Å². The summed E-state index contributed by atoms with van der Waals surface area (Å²) in [6, 6.07) is 10.7. The Morgan fingerprint density at radius 1 is 1.16 bits per heavy atom. The number of carbonyl (C=O) groups excluding carboxylic acids is 1. The van der Waals surface area contributed by atoms with E-state index in [1.54, 1.807) is 0 Å². The van der Waals surface area contributed by atoms with Crippen LogP contribution in [0.2, 0.25) is 0 Å². The molecule has 0 saturated heterocycles. The normalized spacial score (nSPS) is 9.79. The van der Waals surface area contributed by atoms with E-state index >= 15 is 0 Å². The molecule has 2 N–H and O–H groups in total. The zero-order valence-corrected chi connectivity index (χ0v) is 11.7. The van der Waals surface area contributed by atoms with Gasteiger partial charge in [0.2, 0.25) is 6.41 Å². The van der Waals surface area contributed by atoms with Gasteiger partial charge in [-0.1, -0.05) is 44.9 Å². The van der Waals surface area contributed by atoms with Crippen molar-refractivity contribution < 1.29 is 4.79 Å². The van der Waals surface area contributed by atoms with E-state index in [2.05, 4.69) is 49.9 Å². The molecule has 0 atom stereocenters. The second-order valence-electron chi connectivity index (χ2n) is 4.42. The Labute approximate surface area is 114 Å². The lowest BCUT2D eigenvalue weighted by molar-refractivity contribution is -0.106. The molecule has 0 spiro atoms. The van der Waals surface area contributed by atoms with Gasteiger partial charge >= 0.3 is 0 Å². The zero-order valence-electron chi connectivity index (χ0n) is 11.7. The molecule has 3 nitrogen and oxygen atoms in total. The second kappa shape index (κ2) is 8.25. The fraction of sp³-hybridized carbons (Fsp3) is 0.375. The molecular weight excluding hydrogens is 236 g/mol. The van der Waals surface area contributed by atoms with Gasteiger partial charge in [-0.25, -0.2) is 0 Å². The SMILES string of the molecule is CCCc1cc2ccccc2nc1CCC.NC=O. The number of amides is 1. The van der Waals surface area contributed by atoms with E-state index in [4.69, 9.17) is 9.78 Å². The third-order valence-electron chi connectivity index (χ3n) is 2.90. The number of pyridine rings is 1. The Morgan fingerprint density at radius 3 is 2.42 bits per heavy atom. The van der Waals surface area contributed by atoms with Gasteiger partial charge in [-0.2, -0.15) is 0 Å². The number of rotatable bonds is 4.